The van der Waals surface area contributed by atoms with E-state index in [0.29, 0.717) is 5.92 Å². The second-order valence-corrected chi connectivity index (χ2v) is 4.27. The van der Waals surface area contributed by atoms with Crippen molar-refractivity contribution in [3.63, 3.8) is 0 Å². The average molecular weight is 191 g/mol. The van der Waals surface area contributed by atoms with Crippen LogP contribution < -0.4 is 5.73 Å². The van der Waals surface area contributed by atoms with Gasteiger partial charge >= 0.3 is 0 Å². The third kappa shape index (κ3) is 2.36. The number of aryl methyl sites for hydroxylation is 2. The molecular formula is C13H21N. The van der Waals surface area contributed by atoms with Gasteiger partial charge in [0.25, 0.3) is 0 Å². The minimum absolute atomic E-state index is 0.582. The Kier molecular flexibility index (Phi) is 3.70. The normalized spacial score (nSPS) is 12.9. The molecule has 0 aliphatic rings. The van der Waals surface area contributed by atoms with E-state index in [2.05, 4.69) is 39.8 Å². The first-order valence-electron chi connectivity index (χ1n) is 5.34. The van der Waals surface area contributed by atoms with Crippen LogP contribution in [0.25, 0.3) is 0 Å². The number of nitrogens with two attached hydrogens (primary N) is 1. The van der Waals surface area contributed by atoms with Gasteiger partial charge in [-0.05, 0) is 56.3 Å². The molecule has 1 atom stereocenters. The SMILES string of the molecule is Cc1cc(C)c(C)c(C(C)CCN)c1. The van der Waals surface area contributed by atoms with E-state index in [9.17, 15) is 0 Å². The van der Waals surface area contributed by atoms with Gasteiger partial charge < -0.3 is 5.73 Å². The maximum atomic E-state index is 5.59. The standard InChI is InChI=1S/C13H21N/c1-9-7-11(3)12(4)13(8-9)10(2)5-6-14/h7-8,10H,5-6,14H2,1-4H3. The molecule has 0 saturated heterocycles. The third-order valence-electron chi connectivity index (χ3n) is 2.98. The van der Waals surface area contributed by atoms with Gasteiger partial charge in [-0.3, -0.25) is 0 Å². The molecule has 1 unspecified atom stereocenters. The molecule has 0 amide bonds. The number of hydrogen-bond donors (Lipinski definition) is 1. The van der Waals surface area contributed by atoms with E-state index in [1.807, 2.05) is 0 Å². The molecular weight excluding hydrogens is 170 g/mol. The summed E-state index contributed by atoms with van der Waals surface area (Å²) >= 11 is 0. The smallest absolute Gasteiger partial charge is 0.00715 e. The zero-order chi connectivity index (χ0) is 10.7. The third-order valence-corrected chi connectivity index (χ3v) is 2.98. The van der Waals surface area contributed by atoms with Gasteiger partial charge in [-0.1, -0.05) is 24.6 Å². The van der Waals surface area contributed by atoms with E-state index in [0.717, 1.165) is 13.0 Å². The van der Waals surface area contributed by atoms with Crippen molar-refractivity contribution in [2.75, 3.05) is 6.54 Å². The molecule has 1 aromatic carbocycles. The predicted molar refractivity (Wildman–Crippen MR) is 62.7 cm³/mol. The summed E-state index contributed by atoms with van der Waals surface area (Å²) in [6.07, 6.45) is 1.07. The van der Waals surface area contributed by atoms with Crippen molar-refractivity contribution in [1.82, 2.24) is 0 Å². The zero-order valence-electron chi connectivity index (χ0n) is 9.72. The Balaban J connectivity index is 3.07. The van der Waals surface area contributed by atoms with Crippen molar-refractivity contribution in [2.24, 2.45) is 5.73 Å². The van der Waals surface area contributed by atoms with Crippen LogP contribution in [0, 0.1) is 20.8 Å². The van der Waals surface area contributed by atoms with Gasteiger partial charge in [-0.25, -0.2) is 0 Å². The molecule has 1 heteroatoms. The van der Waals surface area contributed by atoms with Gasteiger partial charge in [0, 0.05) is 0 Å². The lowest BCUT2D eigenvalue weighted by Crippen LogP contribution is -2.06. The van der Waals surface area contributed by atoms with Crippen LogP contribution in [0.15, 0.2) is 12.1 Å². The van der Waals surface area contributed by atoms with Crippen LogP contribution in [-0.2, 0) is 0 Å². The maximum absolute atomic E-state index is 5.59. The van der Waals surface area contributed by atoms with E-state index in [-0.39, 0.29) is 0 Å². The van der Waals surface area contributed by atoms with Crippen LogP contribution in [0.3, 0.4) is 0 Å². The monoisotopic (exact) mass is 191 g/mol. The van der Waals surface area contributed by atoms with E-state index in [1.165, 1.54) is 22.3 Å². The topological polar surface area (TPSA) is 26.0 Å². The highest BCUT2D eigenvalue weighted by Gasteiger charge is 2.09. The van der Waals surface area contributed by atoms with Crippen LogP contribution in [0.5, 0.6) is 0 Å². The van der Waals surface area contributed by atoms with Crippen molar-refractivity contribution in [3.05, 3.63) is 34.4 Å². The lowest BCUT2D eigenvalue weighted by molar-refractivity contribution is 0.685. The molecule has 1 rings (SSSR count). The molecule has 2 N–H and O–H groups in total. The highest BCUT2D eigenvalue weighted by Crippen LogP contribution is 2.25. The van der Waals surface area contributed by atoms with Gasteiger partial charge in [0.2, 0.25) is 0 Å². The maximum Gasteiger partial charge on any atom is -0.00715 e. The first-order chi connectivity index (χ1) is 6.56. The fraction of sp³-hybridized carbons (Fsp3) is 0.538. The Morgan fingerprint density at radius 2 is 1.86 bits per heavy atom. The van der Waals surface area contributed by atoms with Crippen LogP contribution >= 0.6 is 0 Å². The molecule has 0 heterocycles. The largest absolute Gasteiger partial charge is 0.330 e. The van der Waals surface area contributed by atoms with E-state index in [1.54, 1.807) is 0 Å². The van der Waals surface area contributed by atoms with Crippen LogP contribution in [0.4, 0.5) is 0 Å². The molecule has 1 aromatic rings. The Bertz CT molecular complexity index is 315. The molecule has 78 valence electrons. The Morgan fingerprint density at radius 1 is 1.21 bits per heavy atom. The van der Waals surface area contributed by atoms with E-state index < -0.39 is 0 Å². The Labute approximate surface area is 87.3 Å². The molecule has 0 aliphatic carbocycles. The summed E-state index contributed by atoms with van der Waals surface area (Å²) in [5, 5.41) is 0. The predicted octanol–water partition coefficient (Wildman–Crippen LogP) is 3.06. The second kappa shape index (κ2) is 4.61. The van der Waals surface area contributed by atoms with Crippen molar-refractivity contribution in [1.29, 1.82) is 0 Å². The summed E-state index contributed by atoms with van der Waals surface area (Å²) in [7, 11) is 0. The van der Waals surface area contributed by atoms with Gasteiger partial charge in [-0.15, -0.1) is 0 Å². The van der Waals surface area contributed by atoms with Crippen molar-refractivity contribution in [2.45, 2.75) is 40.0 Å². The number of hydrogen-bond acceptors (Lipinski definition) is 1. The summed E-state index contributed by atoms with van der Waals surface area (Å²) < 4.78 is 0. The minimum atomic E-state index is 0.582. The first kappa shape index (κ1) is 11.3. The van der Waals surface area contributed by atoms with Crippen molar-refractivity contribution < 1.29 is 0 Å². The second-order valence-electron chi connectivity index (χ2n) is 4.27. The molecule has 0 aromatic heterocycles. The molecule has 0 radical (unpaired) electrons. The molecule has 0 spiro atoms. The van der Waals surface area contributed by atoms with Crippen LogP contribution in [-0.4, -0.2) is 6.54 Å². The summed E-state index contributed by atoms with van der Waals surface area (Å²) in [6.45, 7) is 9.57. The fourth-order valence-electron chi connectivity index (χ4n) is 1.99. The van der Waals surface area contributed by atoms with Gasteiger partial charge in [0.1, 0.15) is 0 Å². The molecule has 0 aliphatic heterocycles. The highest BCUT2D eigenvalue weighted by atomic mass is 14.5. The van der Waals surface area contributed by atoms with Gasteiger partial charge in [0.15, 0.2) is 0 Å². The van der Waals surface area contributed by atoms with Gasteiger partial charge in [-0.2, -0.15) is 0 Å². The Morgan fingerprint density at radius 3 is 2.43 bits per heavy atom. The molecule has 0 bridgehead atoms. The summed E-state index contributed by atoms with van der Waals surface area (Å²) in [4.78, 5) is 0. The molecule has 0 fully saturated rings. The lowest BCUT2D eigenvalue weighted by atomic mass is 9.90. The number of benzene rings is 1. The van der Waals surface area contributed by atoms with Gasteiger partial charge in [0.05, 0.1) is 0 Å². The zero-order valence-corrected chi connectivity index (χ0v) is 9.72. The van der Waals surface area contributed by atoms with Crippen LogP contribution in [0.2, 0.25) is 0 Å². The van der Waals surface area contributed by atoms with Crippen molar-refractivity contribution in [3.8, 4) is 0 Å². The minimum Gasteiger partial charge on any atom is -0.330 e. The Hall–Kier alpha value is -0.820. The summed E-state index contributed by atoms with van der Waals surface area (Å²) in [5.74, 6) is 0.582. The van der Waals surface area contributed by atoms with Crippen LogP contribution in [0.1, 0.15) is 41.5 Å². The fourth-order valence-corrected chi connectivity index (χ4v) is 1.99. The lowest BCUT2D eigenvalue weighted by Gasteiger charge is -2.16. The summed E-state index contributed by atoms with van der Waals surface area (Å²) in [6, 6.07) is 4.54. The number of rotatable bonds is 3. The highest BCUT2D eigenvalue weighted by molar-refractivity contribution is 5.39. The van der Waals surface area contributed by atoms with E-state index >= 15 is 0 Å². The summed E-state index contributed by atoms with van der Waals surface area (Å²) in [5.41, 5.74) is 11.2. The van der Waals surface area contributed by atoms with Crippen molar-refractivity contribution >= 4 is 0 Å². The molecule has 14 heavy (non-hydrogen) atoms. The quantitative estimate of drug-likeness (QED) is 0.780. The molecule has 1 nitrogen and oxygen atoms in total. The van der Waals surface area contributed by atoms with E-state index in [4.69, 9.17) is 5.73 Å². The molecule has 0 saturated carbocycles. The first-order valence-corrected chi connectivity index (χ1v) is 5.34. The average Bonchev–Trinajstić information content (AvgIpc) is 2.11.